The van der Waals surface area contributed by atoms with Crippen molar-refractivity contribution in [3.63, 3.8) is 0 Å². The molecule has 0 fully saturated rings. The van der Waals surface area contributed by atoms with Crippen molar-refractivity contribution < 1.29 is 4.74 Å². The molecule has 86 valence electrons. The molecular formula is C13H11IN2O. The van der Waals surface area contributed by atoms with E-state index in [0.717, 1.165) is 11.3 Å². The van der Waals surface area contributed by atoms with Gasteiger partial charge in [-0.1, -0.05) is 18.2 Å². The molecule has 0 aliphatic heterocycles. The summed E-state index contributed by atoms with van der Waals surface area (Å²) in [6, 6.07) is 11.8. The van der Waals surface area contributed by atoms with Crippen LogP contribution >= 0.6 is 22.6 Å². The maximum atomic E-state index is 4.99. The van der Waals surface area contributed by atoms with Crippen molar-refractivity contribution in [3.05, 3.63) is 51.7 Å². The van der Waals surface area contributed by atoms with Crippen LogP contribution in [0.1, 0.15) is 5.56 Å². The molecule has 0 amide bonds. The van der Waals surface area contributed by atoms with E-state index in [4.69, 9.17) is 4.74 Å². The third-order valence-corrected chi connectivity index (χ3v) is 3.17. The van der Waals surface area contributed by atoms with E-state index in [1.807, 2.05) is 36.5 Å². The first-order chi connectivity index (χ1) is 8.29. The van der Waals surface area contributed by atoms with Gasteiger partial charge in [-0.05, 0) is 34.7 Å². The lowest BCUT2D eigenvalue weighted by Crippen LogP contribution is -1.86. The van der Waals surface area contributed by atoms with Gasteiger partial charge in [0.1, 0.15) is 0 Å². The Bertz CT molecular complexity index is 523. The number of methoxy groups -OCH3 is 1. The molecule has 1 aromatic carbocycles. The summed E-state index contributed by atoms with van der Waals surface area (Å²) >= 11 is 2.29. The van der Waals surface area contributed by atoms with E-state index in [9.17, 15) is 0 Å². The fourth-order valence-electron chi connectivity index (χ4n) is 1.29. The van der Waals surface area contributed by atoms with Gasteiger partial charge in [-0.3, -0.25) is 4.99 Å². The summed E-state index contributed by atoms with van der Waals surface area (Å²) in [7, 11) is 1.59. The number of hydrogen-bond acceptors (Lipinski definition) is 3. The second kappa shape index (κ2) is 5.77. The highest BCUT2D eigenvalue weighted by molar-refractivity contribution is 14.1. The van der Waals surface area contributed by atoms with Gasteiger partial charge >= 0.3 is 0 Å². The topological polar surface area (TPSA) is 34.5 Å². The summed E-state index contributed by atoms with van der Waals surface area (Å²) < 4.78 is 6.16. The van der Waals surface area contributed by atoms with Gasteiger partial charge < -0.3 is 4.74 Å². The Morgan fingerprint density at radius 3 is 2.71 bits per heavy atom. The predicted molar refractivity (Wildman–Crippen MR) is 77.2 cm³/mol. The number of nitrogens with zero attached hydrogens (tertiary/aromatic N) is 2. The van der Waals surface area contributed by atoms with Crippen molar-refractivity contribution in [1.29, 1.82) is 0 Å². The lowest BCUT2D eigenvalue weighted by molar-refractivity contribution is 0.398. The number of benzene rings is 1. The van der Waals surface area contributed by atoms with Gasteiger partial charge in [0, 0.05) is 21.4 Å². The van der Waals surface area contributed by atoms with Crippen LogP contribution in [0.4, 0.5) is 5.69 Å². The third-order valence-electron chi connectivity index (χ3n) is 2.19. The standard InChI is InChI=1S/C13H11IN2O/c1-17-13-7-6-11(9-16-13)15-8-10-4-2-3-5-12(10)14/h2-9H,1H3. The fourth-order valence-corrected chi connectivity index (χ4v) is 1.82. The molecule has 0 N–H and O–H groups in total. The predicted octanol–water partition coefficient (Wildman–Crippen LogP) is 3.45. The highest BCUT2D eigenvalue weighted by Gasteiger charge is 1.95. The lowest BCUT2D eigenvalue weighted by Gasteiger charge is -1.98. The zero-order valence-corrected chi connectivity index (χ0v) is 11.5. The average Bonchev–Trinajstić information content (AvgIpc) is 2.38. The van der Waals surface area contributed by atoms with Gasteiger partial charge in [-0.15, -0.1) is 0 Å². The molecule has 1 heterocycles. The molecule has 0 aliphatic carbocycles. The largest absolute Gasteiger partial charge is 0.481 e. The van der Waals surface area contributed by atoms with Gasteiger partial charge in [0.05, 0.1) is 19.0 Å². The lowest BCUT2D eigenvalue weighted by atomic mass is 10.2. The summed E-state index contributed by atoms with van der Waals surface area (Å²) in [6.45, 7) is 0. The molecule has 0 unspecified atom stereocenters. The Balaban J connectivity index is 2.17. The van der Waals surface area contributed by atoms with Crippen molar-refractivity contribution in [3.8, 4) is 5.88 Å². The Labute approximate surface area is 114 Å². The van der Waals surface area contributed by atoms with E-state index in [2.05, 4.69) is 32.6 Å². The molecule has 0 bridgehead atoms. The molecule has 0 atom stereocenters. The van der Waals surface area contributed by atoms with E-state index in [1.54, 1.807) is 19.4 Å². The second-order valence-electron chi connectivity index (χ2n) is 3.34. The molecule has 3 nitrogen and oxygen atoms in total. The van der Waals surface area contributed by atoms with Crippen molar-refractivity contribution in [2.75, 3.05) is 7.11 Å². The zero-order chi connectivity index (χ0) is 12.1. The maximum Gasteiger partial charge on any atom is 0.213 e. The zero-order valence-electron chi connectivity index (χ0n) is 9.30. The van der Waals surface area contributed by atoms with E-state index in [0.29, 0.717) is 5.88 Å². The Kier molecular flexibility index (Phi) is 4.08. The highest BCUT2D eigenvalue weighted by atomic mass is 127. The first-order valence-corrected chi connectivity index (χ1v) is 6.16. The minimum atomic E-state index is 0.596. The van der Waals surface area contributed by atoms with Crippen molar-refractivity contribution in [2.45, 2.75) is 0 Å². The Morgan fingerprint density at radius 1 is 1.24 bits per heavy atom. The van der Waals surface area contributed by atoms with Crippen LogP contribution < -0.4 is 4.74 Å². The molecule has 0 spiro atoms. The monoisotopic (exact) mass is 338 g/mol. The number of hydrogen-bond donors (Lipinski definition) is 0. The SMILES string of the molecule is COc1ccc(N=Cc2ccccc2I)cn1. The molecule has 17 heavy (non-hydrogen) atoms. The smallest absolute Gasteiger partial charge is 0.213 e. The van der Waals surface area contributed by atoms with Gasteiger partial charge in [-0.2, -0.15) is 0 Å². The number of halogens is 1. The van der Waals surface area contributed by atoms with Gasteiger partial charge in [0.25, 0.3) is 0 Å². The molecule has 2 aromatic rings. The van der Waals surface area contributed by atoms with Crippen molar-refractivity contribution >= 4 is 34.5 Å². The third kappa shape index (κ3) is 3.26. The van der Waals surface area contributed by atoms with Crippen LogP contribution in [0.25, 0.3) is 0 Å². The number of ether oxygens (including phenoxy) is 1. The van der Waals surface area contributed by atoms with E-state index >= 15 is 0 Å². The highest BCUT2D eigenvalue weighted by Crippen LogP contribution is 2.15. The van der Waals surface area contributed by atoms with Crippen LogP contribution in [0.3, 0.4) is 0 Å². The van der Waals surface area contributed by atoms with E-state index in [-0.39, 0.29) is 0 Å². The minimum Gasteiger partial charge on any atom is -0.481 e. The molecular weight excluding hydrogens is 327 g/mol. The quantitative estimate of drug-likeness (QED) is 0.635. The molecule has 2 rings (SSSR count). The number of aromatic nitrogens is 1. The summed E-state index contributed by atoms with van der Waals surface area (Å²) in [5.41, 5.74) is 1.91. The molecule has 1 aromatic heterocycles. The molecule has 0 saturated heterocycles. The maximum absolute atomic E-state index is 4.99. The Hall–Kier alpha value is -1.43. The van der Waals surface area contributed by atoms with Gasteiger partial charge in [-0.25, -0.2) is 4.98 Å². The number of aliphatic imine (C=N–C) groups is 1. The van der Waals surface area contributed by atoms with Crippen molar-refractivity contribution in [1.82, 2.24) is 4.98 Å². The van der Waals surface area contributed by atoms with Gasteiger partial charge in [0.15, 0.2) is 0 Å². The second-order valence-corrected chi connectivity index (χ2v) is 4.50. The first-order valence-electron chi connectivity index (χ1n) is 5.08. The van der Waals surface area contributed by atoms with Gasteiger partial charge in [0.2, 0.25) is 5.88 Å². The van der Waals surface area contributed by atoms with Crippen molar-refractivity contribution in [2.24, 2.45) is 4.99 Å². The molecule has 0 aliphatic rings. The van der Waals surface area contributed by atoms with Crippen LogP contribution in [-0.2, 0) is 0 Å². The minimum absolute atomic E-state index is 0.596. The molecule has 0 radical (unpaired) electrons. The fraction of sp³-hybridized carbons (Fsp3) is 0.0769. The van der Waals surface area contributed by atoms with Crippen LogP contribution in [0.2, 0.25) is 0 Å². The van der Waals surface area contributed by atoms with E-state index in [1.165, 1.54) is 3.57 Å². The summed E-state index contributed by atoms with van der Waals surface area (Å²) in [6.07, 6.45) is 3.52. The normalized spacial score (nSPS) is 10.7. The average molecular weight is 338 g/mol. The number of pyridine rings is 1. The summed E-state index contributed by atoms with van der Waals surface area (Å²) in [4.78, 5) is 8.46. The molecule has 4 heteroatoms. The van der Waals surface area contributed by atoms with Crippen LogP contribution in [0, 0.1) is 3.57 Å². The van der Waals surface area contributed by atoms with Crippen LogP contribution in [0.15, 0.2) is 47.6 Å². The van der Waals surface area contributed by atoms with Crippen LogP contribution in [-0.4, -0.2) is 18.3 Å². The number of rotatable bonds is 3. The van der Waals surface area contributed by atoms with Crippen LogP contribution in [0.5, 0.6) is 5.88 Å². The Morgan fingerprint density at radius 2 is 2.06 bits per heavy atom. The van der Waals surface area contributed by atoms with E-state index < -0.39 is 0 Å². The first kappa shape index (κ1) is 12.0. The molecule has 0 saturated carbocycles. The summed E-state index contributed by atoms with van der Waals surface area (Å²) in [5, 5.41) is 0. The summed E-state index contributed by atoms with van der Waals surface area (Å²) in [5.74, 6) is 0.596.